The van der Waals surface area contributed by atoms with Crippen LogP contribution in [0.15, 0.2) is 35.3 Å². The fourth-order valence-electron chi connectivity index (χ4n) is 5.61. The van der Waals surface area contributed by atoms with E-state index in [1.807, 2.05) is 24.3 Å². The average Bonchev–Trinajstić information content (AvgIpc) is 2.94. The van der Waals surface area contributed by atoms with Gasteiger partial charge in [-0.25, -0.2) is 9.07 Å². The Balaban J connectivity index is 1.24. The molecule has 208 valence electrons. The van der Waals surface area contributed by atoms with Gasteiger partial charge in [0.05, 0.1) is 57.0 Å². The number of ether oxygens (including phenoxy) is 3. The van der Waals surface area contributed by atoms with E-state index in [-0.39, 0.29) is 41.9 Å². The zero-order valence-electron chi connectivity index (χ0n) is 21.4. The summed E-state index contributed by atoms with van der Waals surface area (Å²) >= 11 is 12.6. The Morgan fingerprint density at radius 1 is 1.11 bits per heavy atom. The molecule has 0 radical (unpaired) electrons. The Kier molecular flexibility index (Phi) is 9.10. The number of anilines is 2. The van der Waals surface area contributed by atoms with Gasteiger partial charge in [0.2, 0.25) is 0 Å². The normalized spacial score (nSPS) is 28.1. The first kappa shape index (κ1) is 27.6. The van der Waals surface area contributed by atoms with Gasteiger partial charge in [-0.2, -0.15) is 5.10 Å². The van der Waals surface area contributed by atoms with Crippen LogP contribution in [0.4, 0.5) is 15.8 Å². The zero-order valence-corrected chi connectivity index (χ0v) is 22.9. The molecule has 1 aromatic carbocycles. The van der Waals surface area contributed by atoms with Crippen molar-refractivity contribution in [1.29, 1.82) is 0 Å². The highest BCUT2D eigenvalue weighted by Crippen LogP contribution is 2.34. The van der Waals surface area contributed by atoms with E-state index in [2.05, 4.69) is 15.3 Å². The van der Waals surface area contributed by atoms with Gasteiger partial charge in [-0.3, -0.25) is 4.79 Å². The van der Waals surface area contributed by atoms with Crippen molar-refractivity contribution in [3.05, 3.63) is 50.9 Å². The van der Waals surface area contributed by atoms with Crippen molar-refractivity contribution in [3.63, 3.8) is 0 Å². The molecule has 3 fully saturated rings. The molecule has 1 aliphatic carbocycles. The van der Waals surface area contributed by atoms with Crippen LogP contribution >= 0.6 is 23.2 Å². The summed E-state index contributed by atoms with van der Waals surface area (Å²) in [6.45, 7) is 3.18. The molecule has 1 aromatic heterocycles. The zero-order chi connectivity index (χ0) is 26.5. The summed E-state index contributed by atoms with van der Waals surface area (Å²) < 4.78 is 33.2. The van der Waals surface area contributed by atoms with Crippen molar-refractivity contribution in [2.75, 3.05) is 56.3 Å². The Morgan fingerprint density at radius 3 is 2.58 bits per heavy atom. The van der Waals surface area contributed by atoms with Crippen LogP contribution in [0.1, 0.15) is 44.6 Å². The van der Waals surface area contributed by atoms with Crippen molar-refractivity contribution in [2.24, 2.45) is 0 Å². The van der Waals surface area contributed by atoms with Gasteiger partial charge in [0.25, 0.3) is 5.56 Å². The maximum Gasteiger partial charge on any atom is 0.287 e. The number of nitrogens with one attached hydrogen (secondary N) is 1. The fourth-order valence-corrected chi connectivity index (χ4v) is 5.94. The molecule has 38 heavy (non-hydrogen) atoms. The summed E-state index contributed by atoms with van der Waals surface area (Å²) in [5, 5.41) is 8.13. The van der Waals surface area contributed by atoms with Gasteiger partial charge >= 0.3 is 0 Å². The largest absolute Gasteiger partial charge is 0.379 e. The van der Waals surface area contributed by atoms with E-state index in [0.717, 1.165) is 37.9 Å². The number of rotatable bonds is 8. The number of hydrogen-bond acceptors (Lipinski definition) is 7. The lowest BCUT2D eigenvalue weighted by atomic mass is 9.89. The van der Waals surface area contributed by atoms with Crippen molar-refractivity contribution >= 4 is 34.6 Å². The third-order valence-corrected chi connectivity index (χ3v) is 8.33. The molecule has 5 rings (SSSR count). The Hall–Kier alpha value is -1.91. The van der Waals surface area contributed by atoms with E-state index < -0.39 is 5.67 Å². The van der Waals surface area contributed by atoms with Crippen LogP contribution < -0.4 is 15.8 Å². The van der Waals surface area contributed by atoms with E-state index in [1.165, 1.54) is 10.9 Å². The molecule has 2 aliphatic heterocycles. The number of alkyl halides is 1. The maximum absolute atomic E-state index is 14.9. The SMILES string of the molecule is O=c1c(Cl)c(NC[C@]2(F)CCCOC2)cnn1[C@H]1CC[C@H](N(C[C@H]2COCCO2)c2ccc(Cl)cc2)CC1. The summed E-state index contributed by atoms with van der Waals surface area (Å²) in [6, 6.07) is 8.11. The predicted octanol–water partition coefficient (Wildman–Crippen LogP) is 4.89. The third-order valence-electron chi connectivity index (χ3n) is 7.71. The van der Waals surface area contributed by atoms with Gasteiger partial charge in [0, 0.05) is 29.9 Å². The van der Waals surface area contributed by atoms with Crippen LogP contribution in [0.25, 0.3) is 0 Å². The Labute approximate surface area is 232 Å². The van der Waals surface area contributed by atoms with Gasteiger partial charge in [-0.1, -0.05) is 23.2 Å². The molecular formula is C27H35Cl2FN4O4. The topological polar surface area (TPSA) is 77.9 Å². The second kappa shape index (κ2) is 12.5. The minimum absolute atomic E-state index is 0.00363. The molecule has 0 amide bonds. The van der Waals surface area contributed by atoms with Gasteiger partial charge < -0.3 is 24.4 Å². The number of aromatic nitrogens is 2. The van der Waals surface area contributed by atoms with Gasteiger partial charge in [-0.05, 0) is 62.8 Å². The van der Waals surface area contributed by atoms with Crippen LogP contribution in [0.2, 0.25) is 10.0 Å². The van der Waals surface area contributed by atoms with Crippen LogP contribution in [0, 0.1) is 0 Å². The van der Waals surface area contributed by atoms with E-state index >= 15 is 0 Å². The highest BCUT2D eigenvalue weighted by Gasteiger charge is 2.34. The molecule has 0 bridgehead atoms. The monoisotopic (exact) mass is 568 g/mol. The molecule has 3 aliphatic rings. The summed E-state index contributed by atoms with van der Waals surface area (Å²) in [4.78, 5) is 15.5. The maximum atomic E-state index is 14.9. The lowest BCUT2D eigenvalue weighted by molar-refractivity contribution is -0.0847. The molecule has 2 saturated heterocycles. The van der Waals surface area contributed by atoms with Crippen LogP contribution in [0.3, 0.4) is 0 Å². The quantitative estimate of drug-likeness (QED) is 0.486. The molecule has 2 atom stereocenters. The van der Waals surface area contributed by atoms with Gasteiger partial charge in [0.15, 0.2) is 5.67 Å². The minimum Gasteiger partial charge on any atom is -0.379 e. The van der Waals surface area contributed by atoms with Crippen molar-refractivity contribution in [3.8, 4) is 0 Å². The summed E-state index contributed by atoms with van der Waals surface area (Å²) in [5.74, 6) is 0. The molecular weight excluding hydrogens is 534 g/mol. The van der Waals surface area contributed by atoms with E-state index in [9.17, 15) is 9.18 Å². The van der Waals surface area contributed by atoms with Crippen molar-refractivity contribution in [1.82, 2.24) is 9.78 Å². The lowest BCUT2D eigenvalue weighted by Crippen LogP contribution is -2.46. The Bertz CT molecular complexity index is 1120. The van der Waals surface area contributed by atoms with Crippen LogP contribution in [-0.4, -0.2) is 73.7 Å². The minimum atomic E-state index is -1.47. The molecule has 1 N–H and O–H groups in total. The highest BCUT2D eigenvalue weighted by molar-refractivity contribution is 6.33. The molecule has 11 heteroatoms. The second-order valence-corrected chi connectivity index (χ2v) is 11.3. The standard InChI is InChI=1S/C27H35Cl2FN4O4/c28-19-2-4-20(5-3-19)33(15-23-16-36-12-13-38-23)21-6-8-22(9-7-21)34-26(35)25(29)24(14-32-34)31-17-27(30)10-1-11-37-18-27/h2-5,14,21-23,31H,1,6-13,15-18H2/t21-,22-,23-,27+/m0/s1. The van der Waals surface area contributed by atoms with Gasteiger partial charge in [0.1, 0.15) is 5.02 Å². The smallest absolute Gasteiger partial charge is 0.287 e. The molecule has 1 saturated carbocycles. The first-order valence-corrected chi connectivity index (χ1v) is 14.2. The van der Waals surface area contributed by atoms with Crippen molar-refractivity contribution < 1.29 is 18.6 Å². The highest BCUT2D eigenvalue weighted by atomic mass is 35.5. The molecule has 2 aromatic rings. The van der Waals surface area contributed by atoms with Crippen LogP contribution in [0.5, 0.6) is 0 Å². The number of halogens is 3. The Morgan fingerprint density at radius 2 is 1.89 bits per heavy atom. The molecule has 3 heterocycles. The van der Waals surface area contributed by atoms with Gasteiger partial charge in [-0.15, -0.1) is 0 Å². The average molecular weight is 570 g/mol. The van der Waals surface area contributed by atoms with Crippen LogP contribution in [-0.2, 0) is 14.2 Å². The fraction of sp³-hybridized carbons (Fsp3) is 0.630. The van der Waals surface area contributed by atoms with E-state index in [1.54, 1.807) is 0 Å². The molecule has 8 nitrogen and oxygen atoms in total. The number of nitrogens with zero attached hydrogens (tertiary/aromatic N) is 3. The lowest BCUT2D eigenvalue weighted by Gasteiger charge is -2.40. The first-order valence-electron chi connectivity index (χ1n) is 13.4. The van der Waals surface area contributed by atoms with E-state index in [4.69, 9.17) is 37.4 Å². The van der Waals surface area contributed by atoms with E-state index in [0.29, 0.717) is 50.0 Å². The summed E-state index contributed by atoms with van der Waals surface area (Å²) in [5.41, 5.74) is -0.377. The second-order valence-electron chi connectivity index (χ2n) is 10.4. The van der Waals surface area contributed by atoms with Crippen molar-refractivity contribution in [2.45, 2.75) is 62.4 Å². The third kappa shape index (κ3) is 6.62. The number of benzene rings is 1. The molecule has 0 unspecified atom stereocenters. The summed E-state index contributed by atoms with van der Waals surface area (Å²) in [6.07, 6.45) is 5.97. The first-order chi connectivity index (χ1) is 18.4. The molecule has 0 spiro atoms. The summed E-state index contributed by atoms with van der Waals surface area (Å²) in [7, 11) is 0. The predicted molar refractivity (Wildman–Crippen MR) is 147 cm³/mol. The number of hydrogen-bond donors (Lipinski definition) is 1.